The fourth-order valence-corrected chi connectivity index (χ4v) is 4.69. The van der Waals surface area contributed by atoms with Crippen molar-refractivity contribution in [2.45, 2.75) is 56.6 Å². The molecule has 2 saturated carbocycles. The van der Waals surface area contributed by atoms with E-state index in [2.05, 4.69) is 12.2 Å². The van der Waals surface area contributed by atoms with Crippen LogP contribution in [0.15, 0.2) is 0 Å². The van der Waals surface area contributed by atoms with Crippen molar-refractivity contribution >= 4 is 5.78 Å². The Morgan fingerprint density at radius 1 is 1.38 bits per heavy atom. The van der Waals surface area contributed by atoms with Crippen LogP contribution in [-0.4, -0.2) is 28.6 Å². The number of hydrogen-bond donors (Lipinski definition) is 2. The quantitative estimate of drug-likeness (QED) is 0.650. The minimum Gasteiger partial charge on any atom is -0.389 e. The SMILES string of the molecule is C[C@@H]1C[C@]2(O)CC(=O)C[C@@]3(C1)NCCC[C@@H]23. The van der Waals surface area contributed by atoms with Gasteiger partial charge in [0.15, 0.2) is 0 Å². The molecule has 2 aliphatic carbocycles. The molecule has 3 aliphatic rings. The van der Waals surface area contributed by atoms with Crippen molar-refractivity contribution in [2.75, 3.05) is 6.54 Å². The number of carbonyl (C=O) groups is 1. The first-order chi connectivity index (χ1) is 7.54. The molecular formula is C13H21NO2. The molecule has 1 saturated heterocycles. The lowest BCUT2D eigenvalue weighted by molar-refractivity contribution is -0.165. The van der Waals surface area contributed by atoms with E-state index < -0.39 is 5.60 Å². The van der Waals surface area contributed by atoms with Gasteiger partial charge in [-0.05, 0) is 38.1 Å². The molecule has 0 aromatic heterocycles. The summed E-state index contributed by atoms with van der Waals surface area (Å²) in [5.74, 6) is 1.09. The van der Waals surface area contributed by atoms with Gasteiger partial charge in [0.2, 0.25) is 0 Å². The molecule has 16 heavy (non-hydrogen) atoms. The Hall–Kier alpha value is -0.410. The molecule has 0 aromatic rings. The van der Waals surface area contributed by atoms with Crippen molar-refractivity contribution in [3.05, 3.63) is 0 Å². The number of Topliss-reactive ketones (excluding diaryl/α,β-unsaturated/α-hetero) is 1. The molecule has 3 fully saturated rings. The Morgan fingerprint density at radius 2 is 2.19 bits per heavy atom. The zero-order valence-corrected chi connectivity index (χ0v) is 9.96. The average molecular weight is 223 g/mol. The van der Waals surface area contributed by atoms with Crippen molar-refractivity contribution in [1.29, 1.82) is 0 Å². The molecule has 2 bridgehead atoms. The summed E-state index contributed by atoms with van der Waals surface area (Å²) < 4.78 is 0. The van der Waals surface area contributed by atoms with Gasteiger partial charge in [0.05, 0.1) is 5.60 Å². The second-order valence-electron chi connectivity index (χ2n) is 6.29. The van der Waals surface area contributed by atoms with Gasteiger partial charge in [0, 0.05) is 24.3 Å². The van der Waals surface area contributed by atoms with Crippen LogP contribution in [-0.2, 0) is 4.79 Å². The van der Waals surface area contributed by atoms with Gasteiger partial charge in [0.1, 0.15) is 5.78 Å². The molecule has 0 radical (unpaired) electrons. The van der Waals surface area contributed by atoms with E-state index in [0.717, 1.165) is 32.2 Å². The molecule has 0 aromatic carbocycles. The molecule has 1 heterocycles. The largest absolute Gasteiger partial charge is 0.389 e. The van der Waals surface area contributed by atoms with Crippen LogP contribution in [0.5, 0.6) is 0 Å². The highest BCUT2D eigenvalue weighted by Gasteiger charge is 2.59. The molecule has 0 amide bonds. The standard InChI is InChI=1S/C13H21NO2/c1-9-5-12-7-10(15)8-13(16,6-9)11(12)3-2-4-14-12/h9,11,14,16H,2-8H2,1H3/t9-,11+,12+,13-/m0/s1. The Balaban J connectivity index is 2.02. The van der Waals surface area contributed by atoms with E-state index in [1.54, 1.807) is 0 Å². The summed E-state index contributed by atoms with van der Waals surface area (Å²) >= 11 is 0. The van der Waals surface area contributed by atoms with Crippen molar-refractivity contribution in [3.8, 4) is 0 Å². The van der Waals surface area contributed by atoms with Gasteiger partial charge in [0.25, 0.3) is 0 Å². The predicted octanol–water partition coefficient (Wildman–Crippen LogP) is 1.25. The number of piperidine rings is 1. The highest BCUT2D eigenvalue weighted by molar-refractivity contribution is 5.82. The number of hydrogen-bond acceptors (Lipinski definition) is 3. The van der Waals surface area contributed by atoms with E-state index in [9.17, 15) is 9.90 Å². The number of rotatable bonds is 0. The lowest BCUT2D eigenvalue weighted by Crippen LogP contribution is -2.69. The van der Waals surface area contributed by atoms with Crippen LogP contribution in [0.1, 0.15) is 45.4 Å². The van der Waals surface area contributed by atoms with Crippen LogP contribution in [0.2, 0.25) is 0 Å². The summed E-state index contributed by atoms with van der Waals surface area (Å²) in [5, 5.41) is 14.3. The van der Waals surface area contributed by atoms with E-state index in [0.29, 0.717) is 24.7 Å². The number of nitrogens with one attached hydrogen (secondary N) is 1. The van der Waals surface area contributed by atoms with Gasteiger partial charge in [-0.1, -0.05) is 6.92 Å². The normalized spacial score (nSPS) is 52.2. The summed E-state index contributed by atoms with van der Waals surface area (Å²) in [6.07, 6.45) is 5.13. The van der Waals surface area contributed by atoms with E-state index >= 15 is 0 Å². The topological polar surface area (TPSA) is 49.3 Å². The highest BCUT2D eigenvalue weighted by atomic mass is 16.3. The fraction of sp³-hybridized carbons (Fsp3) is 0.923. The molecular weight excluding hydrogens is 202 g/mol. The molecule has 0 unspecified atom stereocenters. The van der Waals surface area contributed by atoms with Crippen LogP contribution >= 0.6 is 0 Å². The molecule has 3 rings (SSSR count). The van der Waals surface area contributed by atoms with E-state index in [1.807, 2.05) is 0 Å². The van der Waals surface area contributed by atoms with Crippen molar-refractivity contribution in [3.63, 3.8) is 0 Å². The molecule has 0 spiro atoms. The summed E-state index contributed by atoms with van der Waals surface area (Å²) in [6.45, 7) is 3.21. The maximum Gasteiger partial charge on any atom is 0.137 e. The van der Waals surface area contributed by atoms with Crippen molar-refractivity contribution < 1.29 is 9.90 Å². The minimum absolute atomic E-state index is 0.0694. The first kappa shape index (κ1) is 10.7. The van der Waals surface area contributed by atoms with Crippen LogP contribution in [0.4, 0.5) is 0 Å². The van der Waals surface area contributed by atoms with E-state index in [1.165, 1.54) is 0 Å². The second-order valence-corrected chi connectivity index (χ2v) is 6.29. The predicted molar refractivity (Wildman–Crippen MR) is 61.0 cm³/mol. The molecule has 1 aliphatic heterocycles. The molecule has 4 atom stereocenters. The average Bonchev–Trinajstić information content (AvgIpc) is 2.13. The van der Waals surface area contributed by atoms with E-state index in [-0.39, 0.29) is 11.3 Å². The third-order valence-electron chi connectivity index (χ3n) is 4.89. The van der Waals surface area contributed by atoms with Gasteiger partial charge < -0.3 is 10.4 Å². The number of aliphatic hydroxyl groups is 1. The lowest BCUT2D eigenvalue weighted by atomic mass is 9.52. The highest BCUT2D eigenvalue weighted by Crippen LogP contribution is 2.53. The Morgan fingerprint density at radius 3 is 3.00 bits per heavy atom. The third-order valence-corrected chi connectivity index (χ3v) is 4.89. The maximum atomic E-state index is 11.8. The Kier molecular flexibility index (Phi) is 2.21. The zero-order chi connectivity index (χ0) is 11.4. The first-order valence-electron chi connectivity index (χ1n) is 6.53. The van der Waals surface area contributed by atoms with Crippen LogP contribution < -0.4 is 5.32 Å². The zero-order valence-electron chi connectivity index (χ0n) is 9.96. The van der Waals surface area contributed by atoms with Gasteiger partial charge in [-0.2, -0.15) is 0 Å². The lowest BCUT2D eigenvalue weighted by Gasteiger charge is -2.59. The van der Waals surface area contributed by atoms with Gasteiger partial charge >= 0.3 is 0 Å². The first-order valence-corrected chi connectivity index (χ1v) is 6.53. The molecule has 3 nitrogen and oxygen atoms in total. The van der Waals surface area contributed by atoms with Gasteiger partial charge in [-0.15, -0.1) is 0 Å². The summed E-state index contributed by atoms with van der Waals surface area (Å²) in [4.78, 5) is 11.8. The number of ketones is 1. The second kappa shape index (κ2) is 3.30. The van der Waals surface area contributed by atoms with Crippen LogP contribution in [0.3, 0.4) is 0 Å². The maximum absolute atomic E-state index is 11.8. The van der Waals surface area contributed by atoms with Crippen molar-refractivity contribution in [1.82, 2.24) is 5.32 Å². The Bertz CT molecular complexity index is 330. The van der Waals surface area contributed by atoms with Crippen molar-refractivity contribution in [2.24, 2.45) is 11.8 Å². The molecule has 3 heteroatoms. The molecule has 90 valence electrons. The molecule has 2 N–H and O–H groups in total. The summed E-state index contributed by atoms with van der Waals surface area (Å²) in [5.41, 5.74) is -0.777. The summed E-state index contributed by atoms with van der Waals surface area (Å²) in [7, 11) is 0. The Labute approximate surface area is 96.6 Å². The monoisotopic (exact) mass is 223 g/mol. The number of carbonyl (C=O) groups excluding carboxylic acids is 1. The third kappa shape index (κ3) is 1.37. The fourth-order valence-electron chi connectivity index (χ4n) is 4.69. The van der Waals surface area contributed by atoms with Gasteiger partial charge in [-0.25, -0.2) is 0 Å². The van der Waals surface area contributed by atoms with E-state index in [4.69, 9.17) is 0 Å². The van der Waals surface area contributed by atoms with Gasteiger partial charge in [-0.3, -0.25) is 4.79 Å². The van der Waals surface area contributed by atoms with Crippen LogP contribution in [0.25, 0.3) is 0 Å². The smallest absolute Gasteiger partial charge is 0.137 e. The minimum atomic E-state index is -0.708. The van der Waals surface area contributed by atoms with Crippen LogP contribution in [0, 0.1) is 11.8 Å². The summed E-state index contributed by atoms with van der Waals surface area (Å²) in [6, 6.07) is 0.